The fourth-order valence-electron chi connectivity index (χ4n) is 6.39. The molecule has 2 fully saturated rings. The fraction of sp³-hybridized carbons (Fsp3) is 0.680. The molecule has 32 heavy (non-hydrogen) atoms. The van der Waals surface area contributed by atoms with Crippen LogP contribution in [0.15, 0.2) is 23.0 Å². The topological polar surface area (TPSA) is 75.0 Å². The summed E-state index contributed by atoms with van der Waals surface area (Å²) in [6.07, 6.45) is 7.50. The number of carbonyl (C=O) groups is 1. The van der Waals surface area contributed by atoms with Crippen molar-refractivity contribution in [3.63, 3.8) is 0 Å². The first-order valence-corrected chi connectivity index (χ1v) is 12.3. The second-order valence-electron chi connectivity index (χ2n) is 9.62. The molecule has 0 spiro atoms. The Hall–Kier alpha value is -1.96. The van der Waals surface area contributed by atoms with Crippen molar-refractivity contribution in [1.82, 2.24) is 14.4 Å². The first-order chi connectivity index (χ1) is 15.7. The van der Waals surface area contributed by atoms with Crippen molar-refractivity contribution < 1.29 is 14.6 Å². The molecule has 3 aliphatic heterocycles. The van der Waals surface area contributed by atoms with Crippen LogP contribution in [-0.2, 0) is 16.1 Å². The number of aromatic nitrogens is 1. The largest absolute Gasteiger partial charge is 0.396 e. The van der Waals surface area contributed by atoms with E-state index < -0.39 is 0 Å². The summed E-state index contributed by atoms with van der Waals surface area (Å²) in [6, 6.07) is 3.90. The number of morpholine rings is 1. The lowest BCUT2D eigenvalue weighted by atomic mass is 9.86. The minimum absolute atomic E-state index is 0.000672. The van der Waals surface area contributed by atoms with Gasteiger partial charge in [-0.15, -0.1) is 0 Å². The number of fused-ring (bicyclic) bond motifs is 4. The molecule has 4 heterocycles. The molecule has 0 unspecified atom stereocenters. The van der Waals surface area contributed by atoms with Crippen molar-refractivity contribution in [2.24, 2.45) is 11.8 Å². The van der Waals surface area contributed by atoms with Crippen molar-refractivity contribution >= 4 is 11.5 Å². The zero-order valence-corrected chi connectivity index (χ0v) is 19.0. The van der Waals surface area contributed by atoms with Gasteiger partial charge < -0.3 is 19.3 Å². The Kier molecular flexibility index (Phi) is 6.23. The van der Waals surface area contributed by atoms with Crippen LogP contribution >= 0.6 is 0 Å². The van der Waals surface area contributed by atoms with Crippen LogP contribution < -0.4 is 5.56 Å². The molecule has 0 aromatic carbocycles. The predicted molar refractivity (Wildman–Crippen MR) is 122 cm³/mol. The van der Waals surface area contributed by atoms with Crippen LogP contribution in [0.4, 0.5) is 0 Å². The fourth-order valence-corrected chi connectivity index (χ4v) is 6.39. The van der Waals surface area contributed by atoms with E-state index in [0.717, 1.165) is 43.5 Å². The molecule has 5 rings (SSSR count). The third-order valence-electron chi connectivity index (χ3n) is 7.90. The third kappa shape index (κ3) is 3.55. The Labute approximate surface area is 189 Å². The molecule has 0 saturated carbocycles. The molecule has 1 N–H and O–H groups in total. The van der Waals surface area contributed by atoms with Gasteiger partial charge in [-0.3, -0.25) is 14.5 Å². The van der Waals surface area contributed by atoms with Gasteiger partial charge in [0.2, 0.25) is 5.91 Å². The zero-order valence-electron chi connectivity index (χ0n) is 19.0. The highest BCUT2D eigenvalue weighted by Crippen LogP contribution is 2.49. The predicted octanol–water partition coefficient (Wildman–Crippen LogP) is 2.04. The Morgan fingerprint density at radius 3 is 2.72 bits per heavy atom. The van der Waals surface area contributed by atoms with Crippen molar-refractivity contribution in [2.45, 2.75) is 57.7 Å². The molecule has 1 amide bonds. The standard InChI is InChI=1S/C25H35N3O4/c1-2-10-27-21-15-28-20(9-8-18(24(28)30)17-6-4-3-5-7-17)23(27)22(19(21)16-29)25(31)26-11-13-32-14-12-26/h6,8-9,19,21-23,29H,2-5,7,10-16H2,1H3/t19-,21-,22+,23+/m0/s1. The number of rotatable bonds is 5. The summed E-state index contributed by atoms with van der Waals surface area (Å²) in [6.45, 7) is 5.82. The Morgan fingerprint density at radius 2 is 2.03 bits per heavy atom. The van der Waals surface area contributed by atoms with Crippen LogP contribution in [0.2, 0.25) is 0 Å². The molecule has 2 bridgehead atoms. The van der Waals surface area contributed by atoms with E-state index >= 15 is 0 Å². The van der Waals surface area contributed by atoms with E-state index in [9.17, 15) is 14.7 Å². The summed E-state index contributed by atoms with van der Waals surface area (Å²) in [5.41, 5.74) is 2.98. The molecule has 1 aromatic rings. The highest BCUT2D eigenvalue weighted by molar-refractivity contribution is 5.81. The van der Waals surface area contributed by atoms with Crippen LogP contribution in [0.25, 0.3) is 5.57 Å². The second-order valence-corrected chi connectivity index (χ2v) is 9.62. The number of nitrogens with zero attached hydrogens (tertiary/aromatic N) is 3. The summed E-state index contributed by atoms with van der Waals surface area (Å²) in [7, 11) is 0. The minimum Gasteiger partial charge on any atom is -0.396 e. The van der Waals surface area contributed by atoms with E-state index in [2.05, 4.69) is 24.0 Å². The van der Waals surface area contributed by atoms with E-state index in [1.54, 1.807) is 0 Å². The van der Waals surface area contributed by atoms with Gasteiger partial charge in [-0.1, -0.05) is 13.0 Å². The maximum atomic E-state index is 13.7. The lowest BCUT2D eigenvalue weighted by Crippen LogP contribution is -2.47. The SMILES string of the molecule is CCCN1[C@@H]2c3ccc(C4=CCCCC4)c(=O)n3C[C@H]1[C@H](CO)[C@H]2C(=O)N1CCOCC1. The van der Waals surface area contributed by atoms with Crippen molar-refractivity contribution in [2.75, 3.05) is 39.5 Å². The lowest BCUT2D eigenvalue weighted by molar-refractivity contribution is -0.142. The number of allylic oxidation sites excluding steroid dienone is 2. The normalized spacial score (nSPS) is 30.2. The molecule has 1 aromatic heterocycles. The van der Waals surface area contributed by atoms with Gasteiger partial charge in [-0.05, 0) is 56.4 Å². The van der Waals surface area contributed by atoms with Gasteiger partial charge in [0, 0.05) is 49.5 Å². The van der Waals surface area contributed by atoms with Crippen molar-refractivity contribution in [1.29, 1.82) is 0 Å². The Morgan fingerprint density at radius 1 is 1.22 bits per heavy atom. The van der Waals surface area contributed by atoms with Gasteiger partial charge in [0.25, 0.3) is 5.56 Å². The third-order valence-corrected chi connectivity index (χ3v) is 7.90. The number of hydrogen-bond acceptors (Lipinski definition) is 5. The van der Waals surface area contributed by atoms with Gasteiger partial charge in [0.15, 0.2) is 0 Å². The number of pyridine rings is 1. The van der Waals surface area contributed by atoms with Crippen molar-refractivity contribution in [3.05, 3.63) is 39.8 Å². The quantitative estimate of drug-likeness (QED) is 0.757. The molecular formula is C25H35N3O4. The van der Waals surface area contributed by atoms with E-state index in [0.29, 0.717) is 32.8 Å². The second kappa shape index (κ2) is 9.12. The molecule has 4 atom stereocenters. The molecule has 2 saturated heterocycles. The van der Waals surface area contributed by atoms with Crippen molar-refractivity contribution in [3.8, 4) is 0 Å². The summed E-state index contributed by atoms with van der Waals surface area (Å²) < 4.78 is 7.37. The first kappa shape index (κ1) is 21.9. The van der Waals surface area contributed by atoms with Crippen LogP contribution in [0.3, 0.4) is 0 Å². The first-order valence-electron chi connectivity index (χ1n) is 12.3. The van der Waals surface area contributed by atoms with Crippen LogP contribution in [0.5, 0.6) is 0 Å². The van der Waals surface area contributed by atoms with Gasteiger partial charge in [0.1, 0.15) is 0 Å². The number of carbonyl (C=O) groups excluding carboxylic acids is 1. The van der Waals surface area contributed by atoms with Crippen LogP contribution in [-0.4, -0.2) is 70.9 Å². The molecule has 0 radical (unpaired) electrons. The number of amides is 1. The molecule has 4 aliphatic rings. The smallest absolute Gasteiger partial charge is 0.258 e. The van der Waals surface area contributed by atoms with Crippen LogP contribution in [0, 0.1) is 11.8 Å². The van der Waals surface area contributed by atoms with E-state index in [-0.39, 0.29) is 42.0 Å². The minimum atomic E-state index is -0.331. The van der Waals surface area contributed by atoms with Gasteiger partial charge in [-0.25, -0.2) is 0 Å². The Bertz CT molecular complexity index is 949. The Balaban J connectivity index is 1.57. The maximum Gasteiger partial charge on any atom is 0.258 e. The highest BCUT2D eigenvalue weighted by Gasteiger charge is 2.56. The molecule has 174 valence electrons. The number of ether oxygens (including phenoxy) is 1. The van der Waals surface area contributed by atoms with E-state index in [1.807, 2.05) is 15.5 Å². The van der Waals surface area contributed by atoms with Crippen LogP contribution in [0.1, 0.15) is 56.3 Å². The average Bonchev–Trinajstić information content (AvgIpc) is 3.04. The number of aliphatic hydroxyl groups excluding tert-OH is 1. The lowest BCUT2D eigenvalue weighted by Gasteiger charge is -2.38. The highest BCUT2D eigenvalue weighted by atomic mass is 16.5. The number of aliphatic hydroxyl groups is 1. The van der Waals surface area contributed by atoms with Gasteiger partial charge in [0.05, 0.1) is 25.2 Å². The summed E-state index contributed by atoms with van der Waals surface area (Å²) >= 11 is 0. The molecule has 1 aliphatic carbocycles. The molecular weight excluding hydrogens is 406 g/mol. The van der Waals surface area contributed by atoms with E-state index in [4.69, 9.17) is 4.74 Å². The maximum absolute atomic E-state index is 13.7. The summed E-state index contributed by atoms with van der Waals surface area (Å²) in [5.74, 6) is -0.401. The van der Waals surface area contributed by atoms with Gasteiger partial charge >= 0.3 is 0 Å². The average molecular weight is 442 g/mol. The molecule has 7 nitrogen and oxygen atoms in total. The summed E-state index contributed by atoms with van der Waals surface area (Å²) in [4.78, 5) is 31.6. The van der Waals surface area contributed by atoms with E-state index in [1.165, 1.54) is 12.0 Å². The summed E-state index contributed by atoms with van der Waals surface area (Å²) in [5, 5.41) is 10.4. The number of hydrogen-bond donors (Lipinski definition) is 1. The monoisotopic (exact) mass is 441 g/mol. The van der Waals surface area contributed by atoms with Gasteiger partial charge in [-0.2, -0.15) is 0 Å². The molecule has 7 heteroatoms. The zero-order chi connectivity index (χ0) is 22.2.